The molecule has 0 fully saturated rings. The zero-order chi connectivity index (χ0) is 15.6. The Morgan fingerprint density at radius 3 is 2.57 bits per heavy atom. The molecule has 4 nitrogen and oxygen atoms in total. The highest BCUT2D eigenvalue weighted by Crippen LogP contribution is 2.33. The van der Waals surface area contributed by atoms with Gasteiger partial charge in [0.1, 0.15) is 11.6 Å². The first-order chi connectivity index (χ1) is 9.79. The molecule has 108 valence electrons. The molecule has 0 amide bonds. The molecule has 0 aliphatic carbocycles. The number of nitrogens with zero attached hydrogens (tertiary/aromatic N) is 2. The maximum atomic E-state index is 12.7. The van der Waals surface area contributed by atoms with Crippen molar-refractivity contribution in [3.63, 3.8) is 0 Å². The molecule has 0 aliphatic heterocycles. The first-order valence-electron chi connectivity index (χ1n) is 5.61. The zero-order valence-corrected chi connectivity index (χ0v) is 11.1. The summed E-state index contributed by atoms with van der Waals surface area (Å²) >= 11 is 5.92. The summed E-state index contributed by atoms with van der Waals surface area (Å²) < 4.78 is 38.1. The standard InChI is InChI=1S/C13H8ClF3N4/c14-9-2-1-7(6-18)3-10(9)20-12-5-8(13(15,16)17)4-11(19)21-12/h1-5H,(H3,19,20,21). The fraction of sp³-hybridized carbons (Fsp3) is 0.0769. The molecule has 3 N–H and O–H groups in total. The number of nitrogens with one attached hydrogen (secondary N) is 1. The lowest BCUT2D eigenvalue weighted by Gasteiger charge is -2.12. The highest BCUT2D eigenvalue weighted by molar-refractivity contribution is 6.33. The van der Waals surface area contributed by atoms with Gasteiger partial charge in [0.2, 0.25) is 0 Å². The van der Waals surface area contributed by atoms with Crippen molar-refractivity contribution in [1.82, 2.24) is 4.98 Å². The molecule has 0 aliphatic rings. The summed E-state index contributed by atoms with van der Waals surface area (Å²) in [5, 5.41) is 11.7. The van der Waals surface area contributed by atoms with Crippen LogP contribution in [0.3, 0.4) is 0 Å². The van der Waals surface area contributed by atoms with Gasteiger partial charge in [0.25, 0.3) is 0 Å². The van der Waals surface area contributed by atoms with Crippen LogP contribution in [0.15, 0.2) is 30.3 Å². The maximum Gasteiger partial charge on any atom is 0.416 e. The van der Waals surface area contributed by atoms with Crippen LogP contribution in [0.2, 0.25) is 5.02 Å². The third-order valence-corrected chi connectivity index (χ3v) is 2.86. The van der Waals surface area contributed by atoms with Crippen molar-refractivity contribution in [2.45, 2.75) is 6.18 Å². The van der Waals surface area contributed by atoms with Gasteiger partial charge in [-0.3, -0.25) is 0 Å². The van der Waals surface area contributed by atoms with Crippen LogP contribution in [0.25, 0.3) is 0 Å². The second-order valence-corrected chi connectivity index (χ2v) is 4.50. The molecule has 8 heteroatoms. The van der Waals surface area contributed by atoms with Crippen LogP contribution in [-0.2, 0) is 6.18 Å². The summed E-state index contributed by atoms with van der Waals surface area (Å²) in [5.74, 6) is -0.390. The first kappa shape index (κ1) is 14.9. The molecule has 0 atom stereocenters. The molecule has 0 bridgehead atoms. The SMILES string of the molecule is N#Cc1ccc(Cl)c(Nc2cc(C(F)(F)F)cc(N)n2)c1. The molecule has 21 heavy (non-hydrogen) atoms. The van der Waals surface area contributed by atoms with Gasteiger partial charge in [0.15, 0.2) is 0 Å². The largest absolute Gasteiger partial charge is 0.416 e. The zero-order valence-electron chi connectivity index (χ0n) is 10.4. The second-order valence-electron chi connectivity index (χ2n) is 4.10. The number of rotatable bonds is 2. The van der Waals surface area contributed by atoms with E-state index in [0.29, 0.717) is 5.56 Å². The Balaban J connectivity index is 2.41. The van der Waals surface area contributed by atoms with E-state index in [2.05, 4.69) is 10.3 Å². The summed E-state index contributed by atoms with van der Waals surface area (Å²) in [6, 6.07) is 7.80. The number of anilines is 3. The number of nitrogens with two attached hydrogens (primary N) is 1. The molecular formula is C13H8ClF3N4. The van der Waals surface area contributed by atoms with Crippen LogP contribution in [0, 0.1) is 11.3 Å². The van der Waals surface area contributed by atoms with Crippen molar-refractivity contribution in [1.29, 1.82) is 5.26 Å². The molecule has 0 unspecified atom stereocenters. The van der Waals surface area contributed by atoms with Crippen LogP contribution in [0.1, 0.15) is 11.1 Å². The van der Waals surface area contributed by atoms with Gasteiger partial charge in [-0.05, 0) is 30.3 Å². The van der Waals surface area contributed by atoms with E-state index >= 15 is 0 Å². The summed E-state index contributed by atoms with van der Waals surface area (Å²) in [6.07, 6.45) is -4.54. The first-order valence-corrected chi connectivity index (χ1v) is 5.99. The number of aromatic nitrogens is 1. The summed E-state index contributed by atoms with van der Waals surface area (Å²) in [4.78, 5) is 3.76. The number of nitriles is 1. The fourth-order valence-electron chi connectivity index (χ4n) is 1.61. The molecule has 2 rings (SSSR count). The van der Waals surface area contributed by atoms with Gasteiger partial charge in [-0.25, -0.2) is 4.98 Å². The minimum atomic E-state index is -4.54. The van der Waals surface area contributed by atoms with Gasteiger partial charge in [-0.1, -0.05) is 11.6 Å². The van der Waals surface area contributed by atoms with Crippen molar-refractivity contribution < 1.29 is 13.2 Å². The minimum Gasteiger partial charge on any atom is -0.384 e. The molecule has 2 aromatic rings. The van der Waals surface area contributed by atoms with E-state index in [0.717, 1.165) is 12.1 Å². The minimum absolute atomic E-state index is 0.112. The van der Waals surface area contributed by atoms with Crippen LogP contribution < -0.4 is 11.1 Å². The molecule has 1 aromatic carbocycles. The molecule has 1 heterocycles. The van der Waals surface area contributed by atoms with E-state index in [-0.39, 0.29) is 22.3 Å². The Morgan fingerprint density at radius 1 is 1.24 bits per heavy atom. The van der Waals surface area contributed by atoms with E-state index in [1.807, 2.05) is 6.07 Å². The molecule has 0 saturated carbocycles. The highest BCUT2D eigenvalue weighted by atomic mass is 35.5. The van der Waals surface area contributed by atoms with E-state index in [1.54, 1.807) is 0 Å². The Hall–Kier alpha value is -2.46. The van der Waals surface area contributed by atoms with Crippen LogP contribution >= 0.6 is 11.6 Å². The van der Waals surface area contributed by atoms with Crippen molar-refractivity contribution in [2.75, 3.05) is 11.1 Å². The highest BCUT2D eigenvalue weighted by Gasteiger charge is 2.31. The average molecular weight is 313 g/mol. The van der Waals surface area contributed by atoms with Gasteiger partial charge in [-0.15, -0.1) is 0 Å². The Morgan fingerprint density at radius 2 is 1.95 bits per heavy atom. The van der Waals surface area contributed by atoms with Gasteiger partial charge in [0.05, 0.1) is 27.9 Å². The lowest BCUT2D eigenvalue weighted by molar-refractivity contribution is -0.137. The lowest BCUT2D eigenvalue weighted by Crippen LogP contribution is -2.08. The summed E-state index contributed by atoms with van der Waals surface area (Å²) in [5.41, 5.74) is 5.01. The number of halogens is 4. The van der Waals surface area contributed by atoms with E-state index in [1.165, 1.54) is 18.2 Å². The normalized spacial score (nSPS) is 11.0. The topological polar surface area (TPSA) is 74.7 Å². The summed E-state index contributed by atoms with van der Waals surface area (Å²) in [7, 11) is 0. The van der Waals surface area contributed by atoms with Gasteiger partial charge < -0.3 is 11.1 Å². The number of hydrogen-bond donors (Lipinski definition) is 2. The average Bonchev–Trinajstić information content (AvgIpc) is 2.39. The quantitative estimate of drug-likeness (QED) is 0.880. The number of nitrogen functional groups attached to an aromatic ring is 1. The van der Waals surface area contributed by atoms with Crippen molar-refractivity contribution in [3.8, 4) is 6.07 Å². The Bertz CT molecular complexity index is 722. The molecular weight excluding hydrogens is 305 g/mol. The molecule has 0 radical (unpaired) electrons. The predicted molar refractivity (Wildman–Crippen MR) is 73.1 cm³/mol. The Labute approximate surface area is 123 Å². The fourth-order valence-corrected chi connectivity index (χ4v) is 1.77. The summed E-state index contributed by atoms with van der Waals surface area (Å²) in [6.45, 7) is 0. The van der Waals surface area contributed by atoms with Crippen molar-refractivity contribution in [3.05, 3.63) is 46.5 Å². The van der Waals surface area contributed by atoms with E-state index < -0.39 is 11.7 Å². The Kier molecular flexibility index (Phi) is 3.91. The van der Waals surface area contributed by atoms with Crippen molar-refractivity contribution in [2.24, 2.45) is 0 Å². The van der Waals surface area contributed by atoms with Crippen molar-refractivity contribution >= 4 is 28.9 Å². The third-order valence-electron chi connectivity index (χ3n) is 2.53. The number of hydrogen-bond acceptors (Lipinski definition) is 4. The van der Waals surface area contributed by atoms with Gasteiger partial charge in [-0.2, -0.15) is 18.4 Å². The molecule has 1 aromatic heterocycles. The maximum absolute atomic E-state index is 12.7. The van der Waals surface area contributed by atoms with E-state index in [9.17, 15) is 13.2 Å². The van der Waals surface area contributed by atoms with Gasteiger partial charge in [0, 0.05) is 0 Å². The number of benzene rings is 1. The smallest absolute Gasteiger partial charge is 0.384 e. The lowest BCUT2D eigenvalue weighted by atomic mass is 10.2. The molecule has 0 saturated heterocycles. The second kappa shape index (κ2) is 5.50. The van der Waals surface area contributed by atoms with Crippen LogP contribution in [-0.4, -0.2) is 4.98 Å². The van der Waals surface area contributed by atoms with Gasteiger partial charge >= 0.3 is 6.18 Å². The monoisotopic (exact) mass is 312 g/mol. The molecule has 0 spiro atoms. The van der Waals surface area contributed by atoms with E-state index in [4.69, 9.17) is 22.6 Å². The van der Waals surface area contributed by atoms with Crippen LogP contribution in [0.5, 0.6) is 0 Å². The number of alkyl halides is 3. The predicted octanol–water partition coefficient (Wildman–Crippen LogP) is 3.95. The number of pyridine rings is 1. The van der Waals surface area contributed by atoms with Crippen LogP contribution in [0.4, 0.5) is 30.5 Å². The third kappa shape index (κ3) is 3.55.